The van der Waals surface area contributed by atoms with Gasteiger partial charge in [0.1, 0.15) is 34.9 Å². The summed E-state index contributed by atoms with van der Waals surface area (Å²) < 4.78 is 19.6. The van der Waals surface area contributed by atoms with Crippen LogP contribution in [0.15, 0.2) is 181 Å². The van der Waals surface area contributed by atoms with Crippen LogP contribution in [0.5, 0.6) is 11.5 Å². The lowest BCUT2D eigenvalue weighted by molar-refractivity contribution is -0.571. The number of hydrogen-bond acceptors (Lipinski definition) is 3. The lowest BCUT2D eigenvalue weighted by Gasteiger charge is -2.20. The number of nitrogens with zero attached hydrogens (tertiary/aromatic N) is 4. The topological polar surface area (TPSA) is 49.0 Å². The van der Waals surface area contributed by atoms with Crippen LogP contribution in [0.25, 0.3) is 94.4 Å². The Hall–Kier alpha value is -7.70. The van der Waals surface area contributed by atoms with E-state index >= 15 is 0 Å². The molecule has 0 bridgehead atoms. The van der Waals surface area contributed by atoms with Crippen molar-refractivity contribution in [3.8, 4) is 62.1 Å². The van der Waals surface area contributed by atoms with E-state index in [1.807, 2.05) is 30.7 Å². The van der Waals surface area contributed by atoms with Crippen LogP contribution in [-0.2, 0) is 5.41 Å². The molecule has 6 heteroatoms. The van der Waals surface area contributed by atoms with Crippen molar-refractivity contribution in [1.82, 2.24) is 14.1 Å². The van der Waals surface area contributed by atoms with E-state index in [2.05, 4.69) is 186 Å². The molecule has 7 aromatic carbocycles. The Morgan fingerprint density at radius 1 is 0.567 bits per heavy atom. The van der Waals surface area contributed by atoms with E-state index < -0.39 is 0 Å². The molecule has 6 nitrogen and oxygen atoms in total. The highest BCUT2D eigenvalue weighted by Crippen LogP contribution is 2.44. The molecule has 60 heavy (non-hydrogen) atoms. The lowest BCUT2D eigenvalue weighted by Crippen LogP contribution is -2.30. The predicted octanol–water partition coefficient (Wildman–Crippen LogP) is 13.3. The van der Waals surface area contributed by atoms with Crippen molar-refractivity contribution >= 4 is 43.8 Å². The maximum Gasteiger partial charge on any atom is 0.270 e. The SMILES string of the molecule is CC(C)(C)c1ccnc(-n2c3ccccc3c3ccc(Oc4ccc5occ(-n6[c-][n+]7c8c(cccc86)-c6ccccc6-c6ccccc6-c6ccccc6-7)c5c4)cc32)c1. The number of hydrogen-bond donors (Lipinski definition) is 0. The first kappa shape index (κ1) is 34.4. The van der Waals surface area contributed by atoms with Crippen LogP contribution in [0.1, 0.15) is 26.3 Å². The van der Waals surface area contributed by atoms with Gasteiger partial charge in [0, 0.05) is 28.4 Å². The minimum absolute atomic E-state index is 0.0150. The molecule has 0 saturated heterocycles. The molecule has 1 aliphatic heterocycles. The van der Waals surface area contributed by atoms with Crippen LogP contribution in [0.3, 0.4) is 0 Å². The van der Waals surface area contributed by atoms with Crippen molar-refractivity contribution in [2.45, 2.75) is 26.2 Å². The first-order chi connectivity index (χ1) is 29.4. The summed E-state index contributed by atoms with van der Waals surface area (Å²) in [5.74, 6) is 2.32. The number of ether oxygens (including phenoxy) is 1. The molecule has 0 fully saturated rings. The zero-order chi connectivity index (χ0) is 40.1. The Labute approximate surface area is 346 Å². The molecule has 0 unspecified atom stereocenters. The maximum atomic E-state index is 6.73. The number of furan rings is 1. The fourth-order valence-electron chi connectivity index (χ4n) is 9.16. The number of fused-ring (bicyclic) bond motifs is 11. The number of para-hydroxylation sites is 3. The second kappa shape index (κ2) is 12.9. The number of benzene rings is 7. The quantitative estimate of drug-likeness (QED) is 0.132. The molecule has 0 amide bonds. The third-order valence-electron chi connectivity index (χ3n) is 12.0. The molecule has 0 saturated carbocycles. The highest BCUT2D eigenvalue weighted by Gasteiger charge is 2.25. The minimum Gasteiger partial charge on any atom is -0.468 e. The van der Waals surface area contributed by atoms with Gasteiger partial charge in [-0.25, -0.2) is 4.98 Å². The molecule has 11 aromatic rings. The zero-order valence-electron chi connectivity index (χ0n) is 33.3. The van der Waals surface area contributed by atoms with Crippen molar-refractivity contribution < 1.29 is 13.7 Å². The third kappa shape index (κ3) is 5.20. The van der Waals surface area contributed by atoms with E-state index in [1.165, 1.54) is 33.2 Å². The van der Waals surface area contributed by atoms with E-state index in [0.29, 0.717) is 5.75 Å². The van der Waals surface area contributed by atoms with E-state index in [-0.39, 0.29) is 5.41 Å². The van der Waals surface area contributed by atoms with Crippen LogP contribution >= 0.6 is 0 Å². The predicted molar refractivity (Wildman–Crippen MR) is 241 cm³/mol. The van der Waals surface area contributed by atoms with Gasteiger partial charge in [-0.3, -0.25) is 13.7 Å². The van der Waals surface area contributed by atoms with Gasteiger partial charge in [-0.1, -0.05) is 124 Å². The highest BCUT2D eigenvalue weighted by atomic mass is 16.5. The Bertz CT molecular complexity index is 3520. The molecule has 12 rings (SSSR count). The summed E-state index contributed by atoms with van der Waals surface area (Å²) in [6, 6.07) is 57.7. The van der Waals surface area contributed by atoms with Crippen LogP contribution in [0.4, 0.5) is 0 Å². The molecular weight excluding hydrogens is 737 g/mol. The van der Waals surface area contributed by atoms with Gasteiger partial charge in [0.15, 0.2) is 0 Å². The average Bonchev–Trinajstić information content (AvgIpc) is 3.98. The summed E-state index contributed by atoms with van der Waals surface area (Å²) >= 11 is 0. The van der Waals surface area contributed by atoms with Gasteiger partial charge in [0.05, 0.1) is 27.8 Å². The molecule has 0 N–H and O–H groups in total. The standard InChI is InChI=1S/C54H38N4O2/c1-54(2,3)34-27-28-55-52(29-34)58-47-21-11-9-18-42(47)43-25-23-36(31-49(43)58)60-35-24-26-51-45(30-35)50(32-59-51)56-33-57-46-20-10-8-17-41(46)39-15-6-4-13-37(39)38-14-5-7-16-40(38)44-19-12-22-48(56)53(44)57/h4-32H,1-3H3. The summed E-state index contributed by atoms with van der Waals surface area (Å²) in [6.07, 6.45) is 7.54. The molecular formula is C54H38N4O2. The first-order valence-corrected chi connectivity index (χ1v) is 20.4. The van der Waals surface area contributed by atoms with Crippen molar-refractivity contribution in [2.75, 3.05) is 0 Å². The van der Waals surface area contributed by atoms with Gasteiger partial charge in [-0.05, 0) is 99.0 Å². The van der Waals surface area contributed by atoms with E-state index in [9.17, 15) is 0 Å². The van der Waals surface area contributed by atoms with Gasteiger partial charge in [-0.2, -0.15) is 0 Å². The summed E-state index contributed by atoms with van der Waals surface area (Å²) in [5, 5.41) is 3.23. The van der Waals surface area contributed by atoms with Crippen LogP contribution < -0.4 is 9.30 Å². The lowest BCUT2D eigenvalue weighted by atomic mass is 9.88. The Morgan fingerprint density at radius 2 is 1.20 bits per heavy atom. The summed E-state index contributed by atoms with van der Waals surface area (Å²) in [5.41, 5.74) is 15.1. The van der Waals surface area contributed by atoms with Crippen LogP contribution in [-0.4, -0.2) is 14.1 Å². The summed E-state index contributed by atoms with van der Waals surface area (Å²) in [4.78, 5) is 4.87. The third-order valence-corrected chi connectivity index (χ3v) is 12.0. The fourth-order valence-corrected chi connectivity index (χ4v) is 9.16. The molecule has 0 atom stereocenters. The number of rotatable bonds is 4. The molecule has 0 aliphatic carbocycles. The fraction of sp³-hybridized carbons (Fsp3) is 0.0741. The normalized spacial score (nSPS) is 12.2. The maximum absolute atomic E-state index is 6.73. The van der Waals surface area contributed by atoms with E-state index in [4.69, 9.17) is 14.1 Å². The molecule has 5 heterocycles. The van der Waals surface area contributed by atoms with Gasteiger partial charge in [0.2, 0.25) is 0 Å². The van der Waals surface area contributed by atoms with Crippen molar-refractivity contribution in [3.63, 3.8) is 0 Å². The van der Waals surface area contributed by atoms with Crippen molar-refractivity contribution in [2.24, 2.45) is 0 Å². The van der Waals surface area contributed by atoms with Gasteiger partial charge in [0.25, 0.3) is 6.33 Å². The number of imidazole rings is 1. The Kier molecular flexibility index (Phi) is 7.39. The van der Waals surface area contributed by atoms with E-state index in [1.54, 1.807) is 0 Å². The Morgan fingerprint density at radius 3 is 2.00 bits per heavy atom. The van der Waals surface area contributed by atoms with Crippen molar-refractivity contribution in [3.05, 3.63) is 188 Å². The number of aromatic nitrogens is 4. The zero-order valence-corrected chi connectivity index (χ0v) is 33.3. The second-order valence-corrected chi connectivity index (χ2v) is 16.6. The molecule has 0 radical (unpaired) electrons. The average molecular weight is 775 g/mol. The van der Waals surface area contributed by atoms with Gasteiger partial charge < -0.3 is 9.15 Å². The monoisotopic (exact) mass is 774 g/mol. The first-order valence-electron chi connectivity index (χ1n) is 20.4. The minimum atomic E-state index is -0.0150. The molecule has 0 spiro atoms. The smallest absolute Gasteiger partial charge is 0.270 e. The molecule has 286 valence electrons. The van der Waals surface area contributed by atoms with E-state index in [0.717, 1.165) is 72.5 Å². The molecule has 4 aromatic heterocycles. The van der Waals surface area contributed by atoms with Gasteiger partial charge in [-0.15, -0.1) is 0 Å². The second-order valence-electron chi connectivity index (χ2n) is 16.6. The van der Waals surface area contributed by atoms with Crippen LogP contribution in [0, 0.1) is 6.33 Å². The number of pyridine rings is 1. The summed E-state index contributed by atoms with van der Waals surface area (Å²) in [6.45, 7) is 6.69. The van der Waals surface area contributed by atoms with Crippen molar-refractivity contribution in [1.29, 1.82) is 0 Å². The van der Waals surface area contributed by atoms with Gasteiger partial charge >= 0.3 is 0 Å². The highest BCUT2D eigenvalue weighted by molar-refractivity contribution is 6.09. The summed E-state index contributed by atoms with van der Waals surface area (Å²) in [7, 11) is 0. The Balaban J connectivity index is 1.01. The largest absolute Gasteiger partial charge is 0.468 e. The van der Waals surface area contributed by atoms with Crippen LogP contribution in [0.2, 0.25) is 0 Å². The molecule has 1 aliphatic rings.